The van der Waals surface area contributed by atoms with Crippen LogP contribution in [-0.4, -0.2) is 19.0 Å². The second-order valence-electron chi connectivity index (χ2n) is 2.50. The molecular formula is C8H12N2OS. The van der Waals surface area contributed by atoms with Crippen molar-refractivity contribution in [1.29, 1.82) is 0 Å². The standard InChI is InChI=1S/C8H12N2OS/c1-10-8(11)7(9)5-6-3-2-4-12-6/h2-4,7H,5,9H2,1H3,(H,10,11). The highest BCUT2D eigenvalue weighted by atomic mass is 32.1. The van der Waals surface area contributed by atoms with E-state index in [1.54, 1.807) is 18.4 Å². The van der Waals surface area contributed by atoms with Gasteiger partial charge in [0.25, 0.3) is 0 Å². The lowest BCUT2D eigenvalue weighted by Gasteiger charge is -2.07. The summed E-state index contributed by atoms with van der Waals surface area (Å²) in [5.41, 5.74) is 5.61. The first-order chi connectivity index (χ1) is 5.74. The lowest BCUT2D eigenvalue weighted by Crippen LogP contribution is -2.40. The number of hydrogen-bond donors (Lipinski definition) is 2. The van der Waals surface area contributed by atoms with E-state index >= 15 is 0 Å². The van der Waals surface area contributed by atoms with Crippen molar-refractivity contribution in [2.24, 2.45) is 5.73 Å². The number of hydrogen-bond acceptors (Lipinski definition) is 3. The molecule has 3 N–H and O–H groups in total. The quantitative estimate of drug-likeness (QED) is 0.713. The first-order valence-electron chi connectivity index (χ1n) is 3.73. The molecule has 0 saturated heterocycles. The third kappa shape index (κ3) is 2.32. The van der Waals surface area contributed by atoms with Gasteiger partial charge in [-0.15, -0.1) is 11.3 Å². The van der Waals surface area contributed by atoms with Gasteiger partial charge >= 0.3 is 0 Å². The SMILES string of the molecule is CNC(=O)C(N)Cc1cccs1. The Balaban J connectivity index is 2.47. The molecule has 3 nitrogen and oxygen atoms in total. The Bertz CT molecular complexity index is 246. The fraction of sp³-hybridized carbons (Fsp3) is 0.375. The van der Waals surface area contributed by atoms with E-state index in [2.05, 4.69) is 5.32 Å². The molecule has 1 amide bonds. The third-order valence-electron chi connectivity index (χ3n) is 1.58. The minimum Gasteiger partial charge on any atom is -0.358 e. The lowest BCUT2D eigenvalue weighted by molar-refractivity contribution is -0.121. The van der Waals surface area contributed by atoms with E-state index < -0.39 is 6.04 Å². The van der Waals surface area contributed by atoms with Gasteiger partial charge < -0.3 is 11.1 Å². The monoisotopic (exact) mass is 184 g/mol. The zero-order chi connectivity index (χ0) is 8.97. The van der Waals surface area contributed by atoms with Crippen molar-refractivity contribution in [2.75, 3.05) is 7.05 Å². The van der Waals surface area contributed by atoms with Crippen LogP contribution in [0.3, 0.4) is 0 Å². The van der Waals surface area contributed by atoms with Gasteiger partial charge in [0.2, 0.25) is 5.91 Å². The van der Waals surface area contributed by atoms with Crippen molar-refractivity contribution in [2.45, 2.75) is 12.5 Å². The first-order valence-corrected chi connectivity index (χ1v) is 4.61. The molecule has 1 aromatic rings. The summed E-state index contributed by atoms with van der Waals surface area (Å²) in [6.07, 6.45) is 0.622. The highest BCUT2D eigenvalue weighted by Crippen LogP contribution is 2.10. The zero-order valence-corrected chi connectivity index (χ0v) is 7.73. The molecule has 0 saturated carbocycles. The van der Waals surface area contributed by atoms with E-state index in [9.17, 15) is 4.79 Å². The molecule has 0 aliphatic heterocycles. The molecule has 0 spiro atoms. The topological polar surface area (TPSA) is 55.1 Å². The molecule has 1 unspecified atom stereocenters. The Labute approximate surface area is 75.6 Å². The molecule has 0 fully saturated rings. The van der Waals surface area contributed by atoms with E-state index in [0.29, 0.717) is 6.42 Å². The van der Waals surface area contributed by atoms with E-state index in [1.807, 2.05) is 17.5 Å². The molecule has 0 aromatic carbocycles. The maximum atomic E-state index is 11.0. The molecule has 1 atom stereocenters. The van der Waals surface area contributed by atoms with Gasteiger partial charge in [-0.05, 0) is 11.4 Å². The van der Waals surface area contributed by atoms with Crippen LogP contribution in [0.15, 0.2) is 17.5 Å². The van der Waals surface area contributed by atoms with Crippen molar-refractivity contribution in [3.63, 3.8) is 0 Å². The molecule has 1 aromatic heterocycles. The number of nitrogens with two attached hydrogens (primary N) is 1. The van der Waals surface area contributed by atoms with Gasteiger partial charge in [0.1, 0.15) is 0 Å². The van der Waals surface area contributed by atoms with Gasteiger partial charge in [-0.2, -0.15) is 0 Å². The molecule has 0 bridgehead atoms. The molecular weight excluding hydrogens is 172 g/mol. The lowest BCUT2D eigenvalue weighted by atomic mass is 10.2. The second-order valence-corrected chi connectivity index (χ2v) is 3.54. The fourth-order valence-corrected chi connectivity index (χ4v) is 1.69. The number of rotatable bonds is 3. The van der Waals surface area contributed by atoms with Crippen molar-refractivity contribution in [3.8, 4) is 0 Å². The predicted octanol–water partition coefficient (Wildman–Crippen LogP) is 0.364. The van der Waals surface area contributed by atoms with E-state index in [4.69, 9.17) is 5.73 Å². The summed E-state index contributed by atoms with van der Waals surface area (Å²) in [6, 6.07) is 3.51. The summed E-state index contributed by atoms with van der Waals surface area (Å²) in [4.78, 5) is 12.2. The van der Waals surface area contributed by atoms with Crippen LogP contribution in [0, 0.1) is 0 Å². The maximum Gasteiger partial charge on any atom is 0.237 e. The minimum atomic E-state index is -0.423. The molecule has 0 radical (unpaired) electrons. The first kappa shape index (κ1) is 9.22. The predicted molar refractivity (Wildman–Crippen MR) is 50.1 cm³/mol. The van der Waals surface area contributed by atoms with E-state index in [0.717, 1.165) is 4.88 Å². The third-order valence-corrected chi connectivity index (χ3v) is 2.48. The van der Waals surface area contributed by atoms with Crippen LogP contribution in [-0.2, 0) is 11.2 Å². The Morgan fingerprint density at radius 3 is 3.08 bits per heavy atom. The van der Waals surface area contributed by atoms with E-state index in [-0.39, 0.29) is 5.91 Å². The van der Waals surface area contributed by atoms with Crippen molar-refractivity contribution in [3.05, 3.63) is 22.4 Å². The number of carbonyl (C=O) groups excluding carboxylic acids is 1. The summed E-state index contributed by atoms with van der Waals surface area (Å²) < 4.78 is 0. The number of nitrogens with one attached hydrogen (secondary N) is 1. The highest BCUT2D eigenvalue weighted by Gasteiger charge is 2.11. The van der Waals surface area contributed by atoms with Crippen molar-refractivity contribution in [1.82, 2.24) is 5.32 Å². The zero-order valence-electron chi connectivity index (χ0n) is 6.91. The van der Waals surface area contributed by atoms with E-state index in [1.165, 1.54) is 0 Å². The Kier molecular flexibility index (Phi) is 3.25. The maximum absolute atomic E-state index is 11.0. The number of amides is 1. The summed E-state index contributed by atoms with van der Waals surface area (Å²) >= 11 is 1.62. The number of carbonyl (C=O) groups is 1. The molecule has 0 aliphatic rings. The summed E-state index contributed by atoms with van der Waals surface area (Å²) in [7, 11) is 1.59. The van der Waals surface area contributed by atoms with Crippen LogP contribution in [0.5, 0.6) is 0 Å². The summed E-state index contributed by atoms with van der Waals surface area (Å²) in [6.45, 7) is 0. The molecule has 1 rings (SSSR count). The van der Waals surface area contributed by atoms with Crippen LogP contribution in [0.1, 0.15) is 4.88 Å². The number of likely N-dealkylation sites (N-methyl/N-ethyl adjacent to an activating group) is 1. The van der Waals surface area contributed by atoms with Gasteiger partial charge in [-0.25, -0.2) is 0 Å². The van der Waals surface area contributed by atoms with Crippen LogP contribution < -0.4 is 11.1 Å². The summed E-state index contributed by atoms with van der Waals surface area (Å²) in [5.74, 6) is -0.108. The van der Waals surface area contributed by atoms with Crippen LogP contribution in [0.25, 0.3) is 0 Å². The van der Waals surface area contributed by atoms with Gasteiger partial charge in [0.05, 0.1) is 6.04 Å². The molecule has 66 valence electrons. The Hall–Kier alpha value is -0.870. The summed E-state index contributed by atoms with van der Waals surface area (Å²) in [5, 5.41) is 4.50. The van der Waals surface area contributed by atoms with Crippen LogP contribution >= 0.6 is 11.3 Å². The number of thiophene rings is 1. The minimum absolute atomic E-state index is 0.108. The molecule has 12 heavy (non-hydrogen) atoms. The van der Waals surface area contributed by atoms with Gasteiger partial charge in [-0.1, -0.05) is 6.07 Å². The van der Waals surface area contributed by atoms with Crippen LogP contribution in [0.4, 0.5) is 0 Å². The van der Waals surface area contributed by atoms with Crippen LogP contribution in [0.2, 0.25) is 0 Å². The fourth-order valence-electron chi connectivity index (χ4n) is 0.924. The molecule has 4 heteroatoms. The Morgan fingerprint density at radius 1 is 1.83 bits per heavy atom. The smallest absolute Gasteiger partial charge is 0.237 e. The largest absolute Gasteiger partial charge is 0.358 e. The molecule has 0 aliphatic carbocycles. The van der Waals surface area contributed by atoms with Crippen molar-refractivity contribution >= 4 is 17.2 Å². The van der Waals surface area contributed by atoms with Gasteiger partial charge in [0.15, 0.2) is 0 Å². The van der Waals surface area contributed by atoms with Gasteiger partial charge in [-0.3, -0.25) is 4.79 Å². The van der Waals surface area contributed by atoms with Crippen molar-refractivity contribution < 1.29 is 4.79 Å². The average molecular weight is 184 g/mol. The molecule has 1 heterocycles. The normalized spacial score (nSPS) is 12.5. The second kappa shape index (κ2) is 4.23. The Morgan fingerprint density at radius 2 is 2.58 bits per heavy atom. The van der Waals surface area contributed by atoms with Gasteiger partial charge in [0, 0.05) is 18.3 Å². The highest BCUT2D eigenvalue weighted by molar-refractivity contribution is 7.09. The average Bonchev–Trinajstić information content (AvgIpc) is 2.55.